The molecule has 3 rings (SSSR count). The fourth-order valence-corrected chi connectivity index (χ4v) is 2.77. The van der Waals surface area contributed by atoms with E-state index in [1.165, 1.54) is 25.1 Å². The molecule has 2 atom stereocenters. The van der Waals surface area contributed by atoms with Crippen LogP contribution in [-0.4, -0.2) is 33.1 Å². The lowest BCUT2D eigenvalue weighted by molar-refractivity contribution is -0.252. The average Bonchev–Trinajstić information content (AvgIpc) is 3.09. The van der Waals surface area contributed by atoms with Crippen molar-refractivity contribution in [3.05, 3.63) is 54.1 Å². The molecule has 2 N–H and O–H groups in total. The Morgan fingerprint density at radius 3 is 2.48 bits per heavy atom. The Kier molecular flexibility index (Phi) is 4.88. The van der Waals surface area contributed by atoms with E-state index < -0.39 is 30.0 Å². The lowest BCUT2D eigenvalue weighted by Crippen LogP contribution is -2.55. The molecule has 0 radical (unpaired) electrons. The zero-order chi connectivity index (χ0) is 19.7. The summed E-state index contributed by atoms with van der Waals surface area (Å²) in [5.41, 5.74) is -2.28. The van der Waals surface area contributed by atoms with E-state index >= 15 is 0 Å². The predicted octanol–water partition coefficient (Wildman–Crippen LogP) is 3.65. The molecule has 6 nitrogen and oxygen atoms in total. The van der Waals surface area contributed by atoms with E-state index in [2.05, 4.69) is 20.3 Å². The van der Waals surface area contributed by atoms with E-state index in [4.69, 9.17) is 0 Å². The Hall–Kier alpha value is -2.94. The normalized spacial score (nSPS) is 15.3. The molecule has 1 heterocycles. The molecule has 0 fully saturated rings. The third kappa shape index (κ3) is 3.77. The van der Waals surface area contributed by atoms with Crippen LogP contribution in [0.15, 0.2) is 53.2 Å². The highest BCUT2D eigenvalue weighted by molar-refractivity contribution is 5.99. The summed E-state index contributed by atoms with van der Waals surface area (Å²) in [5.74, 6) is -2.26. The topological polar surface area (TPSA) is 88.2 Å². The molecule has 0 bridgehead atoms. The van der Waals surface area contributed by atoms with Crippen LogP contribution in [-0.2, 0) is 4.79 Å². The summed E-state index contributed by atoms with van der Waals surface area (Å²) in [7, 11) is 0. The second-order valence-electron chi connectivity index (χ2n) is 6.30. The fourth-order valence-electron chi connectivity index (χ4n) is 2.77. The molecule has 1 amide bonds. The number of hydrogen-bond acceptors (Lipinski definition) is 5. The lowest BCUT2D eigenvalue weighted by atomic mass is 9.86. The molecule has 2 aromatic carbocycles. The van der Waals surface area contributed by atoms with Crippen LogP contribution in [0, 0.1) is 0 Å². The number of nitrogens with one attached hydrogen (secondary N) is 1. The van der Waals surface area contributed by atoms with E-state index in [0.717, 1.165) is 0 Å². The molecule has 0 saturated heterocycles. The Labute approximate surface area is 151 Å². The lowest BCUT2D eigenvalue weighted by Gasteiger charge is -2.31. The van der Waals surface area contributed by atoms with Gasteiger partial charge < -0.3 is 10.4 Å². The first kappa shape index (κ1) is 18.8. The summed E-state index contributed by atoms with van der Waals surface area (Å²) in [6.45, 7) is 1.52. The Morgan fingerprint density at radius 1 is 1.15 bits per heavy atom. The van der Waals surface area contributed by atoms with Gasteiger partial charge in [0.1, 0.15) is 11.0 Å². The quantitative estimate of drug-likeness (QED) is 0.707. The van der Waals surface area contributed by atoms with Crippen molar-refractivity contribution >= 4 is 22.6 Å². The number of halogens is 3. The molecular formula is C18H16F3N3O3. The van der Waals surface area contributed by atoms with E-state index in [0.29, 0.717) is 11.1 Å². The van der Waals surface area contributed by atoms with Crippen molar-refractivity contribution in [2.24, 2.45) is 0 Å². The van der Waals surface area contributed by atoms with Gasteiger partial charge in [0.05, 0.1) is 0 Å². The maximum absolute atomic E-state index is 13.6. The number of anilines is 1. The maximum Gasteiger partial charge on any atom is 0.426 e. The number of rotatable bonds is 5. The predicted molar refractivity (Wildman–Crippen MR) is 90.9 cm³/mol. The molecule has 142 valence electrons. The van der Waals surface area contributed by atoms with Crippen molar-refractivity contribution < 1.29 is 27.7 Å². The number of aromatic nitrogens is 2. The van der Waals surface area contributed by atoms with Crippen LogP contribution in [0.3, 0.4) is 0 Å². The molecule has 3 aromatic rings. The van der Waals surface area contributed by atoms with Gasteiger partial charge >= 0.3 is 6.18 Å². The minimum atomic E-state index is -5.15. The Morgan fingerprint density at radius 2 is 1.81 bits per heavy atom. The molecule has 0 aliphatic rings. The summed E-state index contributed by atoms with van der Waals surface area (Å²) >= 11 is 0. The average molecular weight is 379 g/mol. The first-order chi connectivity index (χ1) is 12.7. The van der Waals surface area contributed by atoms with E-state index in [-0.39, 0.29) is 11.2 Å². The molecule has 0 saturated carbocycles. The van der Waals surface area contributed by atoms with Gasteiger partial charge in [-0.15, -0.1) is 0 Å². The van der Waals surface area contributed by atoms with Crippen molar-refractivity contribution in [3.8, 4) is 0 Å². The van der Waals surface area contributed by atoms with Gasteiger partial charge in [-0.2, -0.15) is 13.2 Å². The minimum Gasteiger partial charge on any atom is -0.373 e. The SMILES string of the molecule is CC(CC(O)(C(=O)Nc1ccc2nonc2c1)C(F)(F)F)c1ccccc1. The number of aliphatic hydroxyl groups is 1. The van der Waals surface area contributed by atoms with Gasteiger partial charge in [-0.3, -0.25) is 4.79 Å². The number of fused-ring (bicyclic) bond motifs is 1. The smallest absolute Gasteiger partial charge is 0.373 e. The van der Waals surface area contributed by atoms with Gasteiger partial charge in [0.25, 0.3) is 5.91 Å². The highest BCUT2D eigenvalue weighted by Crippen LogP contribution is 2.39. The van der Waals surface area contributed by atoms with Crippen molar-refractivity contribution in [2.45, 2.75) is 31.0 Å². The third-order valence-corrected chi connectivity index (χ3v) is 4.33. The van der Waals surface area contributed by atoms with Gasteiger partial charge in [0.2, 0.25) is 5.60 Å². The van der Waals surface area contributed by atoms with Crippen LogP contribution in [0.4, 0.5) is 18.9 Å². The van der Waals surface area contributed by atoms with Crippen molar-refractivity contribution in [3.63, 3.8) is 0 Å². The first-order valence-corrected chi connectivity index (χ1v) is 8.08. The van der Waals surface area contributed by atoms with Gasteiger partial charge in [0, 0.05) is 12.1 Å². The molecule has 9 heteroatoms. The highest BCUT2D eigenvalue weighted by Gasteiger charge is 2.59. The van der Waals surface area contributed by atoms with Crippen LogP contribution < -0.4 is 5.32 Å². The zero-order valence-corrected chi connectivity index (χ0v) is 14.2. The number of amides is 1. The van der Waals surface area contributed by atoms with Gasteiger partial charge in [-0.05, 0) is 40.0 Å². The number of carbonyl (C=O) groups excluding carboxylic acids is 1. The van der Waals surface area contributed by atoms with Crippen LogP contribution in [0.1, 0.15) is 24.8 Å². The number of benzene rings is 2. The summed E-state index contributed by atoms with van der Waals surface area (Å²) in [4.78, 5) is 12.4. The Bertz CT molecular complexity index is 943. The van der Waals surface area contributed by atoms with E-state index in [1.807, 2.05) is 0 Å². The molecule has 0 aliphatic heterocycles. The van der Waals surface area contributed by atoms with Gasteiger partial charge in [0.15, 0.2) is 0 Å². The zero-order valence-electron chi connectivity index (χ0n) is 14.2. The second kappa shape index (κ2) is 6.99. The first-order valence-electron chi connectivity index (χ1n) is 8.08. The monoisotopic (exact) mass is 379 g/mol. The van der Waals surface area contributed by atoms with Crippen LogP contribution >= 0.6 is 0 Å². The second-order valence-corrected chi connectivity index (χ2v) is 6.30. The Balaban J connectivity index is 1.85. The number of nitrogens with zero attached hydrogens (tertiary/aromatic N) is 2. The van der Waals surface area contributed by atoms with Gasteiger partial charge in [-0.25, -0.2) is 4.63 Å². The molecular weight excluding hydrogens is 363 g/mol. The summed E-state index contributed by atoms with van der Waals surface area (Å²) in [5, 5.41) is 19.5. The van der Waals surface area contributed by atoms with E-state index in [9.17, 15) is 23.1 Å². The largest absolute Gasteiger partial charge is 0.426 e. The number of carbonyl (C=O) groups is 1. The standard InChI is InChI=1S/C18H16F3N3O3/c1-11(12-5-3-2-4-6-12)10-17(26,18(19,20)21)16(25)22-13-7-8-14-15(9-13)24-27-23-14/h2-9,11,26H,10H2,1H3,(H,22,25). The molecule has 1 aromatic heterocycles. The molecule has 0 spiro atoms. The van der Waals surface area contributed by atoms with Crippen LogP contribution in [0.2, 0.25) is 0 Å². The van der Waals surface area contributed by atoms with Crippen molar-refractivity contribution in [1.82, 2.24) is 10.3 Å². The molecule has 27 heavy (non-hydrogen) atoms. The minimum absolute atomic E-state index is 0.0400. The summed E-state index contributed by atoms with van der Waals surface area (Å²) in [6, 6.07) is 12.5. The number of alkyl halides is 3. The highest BCUT2D eigenvalue weighted by atomic mass is 19.4. The van der Waals surface area contributed by atoms with Crippen LogP contribution in [0.5, 0.6) is 0 Å². The summed E-state index contributed by atoms with van der Waals surface area (Å²) < 4.78 is 45.3. The summed E-state index contributed by atoms with van der Waals surface area (Å²) in [6.07, 6.45) is -5.97. The van der Waals surface area contributed by atoms with Crippen molar-refractivity contribution in [1.29, 1.82) is 0 Å². The van der Waals surface area contributed by atoms with Crippen molar-refractivity contribution in [2.75, 3.05) is 5.32 Å². The van der Waals surface area contributed by atoms with E-state index in [1.54, 1.807) is 30.3 Å². The molecule has 0 aliphatic carbocycles. The fraction of sp³-hybridized carbons (Fsp3) is 0.278. The third-order valence-electron chi connectivity index (χ3n) is 4.33. The number of hydrogen-bond donors (Lipinski definition) is 2. The van der Waals surface area contributed by atoms with Crippen LogP contribution in [0.25, 0.3) is 11.0 Å². The maximum atomic E-state index is 13.6. The van der Waals surface area contributed by atoms with Gasteiger partial charge in [-0.1, -0.05) is 37.3 Å². The molecule has 2 unspecified atom stereocenters.